The smallest absolute Gasteiger partial charge is 0.249 e. The Hall–Kier alpha value is -2.70. The monoisotopic (exact) mass is 369 g/mol. The lowest BCUT2D eigenvalue weighted by atomic mass is 9.86. The SMILES string of the molecule is CC(C(=O)Nc1ccc(NC(=O)CCC2CCCCC2)cc1)n1cncn1. The van der Waals surface area contributed by atoms with Gasteiger partial charge in [-0.05, 0) is 43.5 Å². The Labute approximate surface area is 159 Å². The molecule has 2 aromatic rings. The Balaban J connectivity index is 1.45. The highest BCUT2D eigenvalue weighted by Gasteiger charge is 2.16. The van der Waals surface area contributed by atoms with E-state index in [1.165, 1.54) is 49.4 Å². The van der Waals surface area contributed by atoms with E-state index in [1.807, 2.05) is 0 Å². The van der Waals surface area contributed by atoms with E-state index in [-0.39, 0.29) is 11.8 Å². The average Bonchev–Trinajstić information content (AvgIpc) is 3.23. The quantitative estimate of drug-likeness (QED) is 0.777. The van der Waals surface area contributed by atoms with Gasteiger partial charge >= 0.3 is 0 Å². The lowest BCUT2D eigenvalue weighted by Crippen LogP contribution is -2.24. The molecule has 1 fully saturated rings. The highest BCUT2D eigenvalue weighted by atomic mass is 16.2. The molecule has 7 heteroatoms. The predicted octanol–water partition coefficient (Wildman–Crippen LogP) is 3.78. The van der Waals surface area contributed by atoms with Crippen LogP contribution in [0.15, 0.2) is 36.9 Å². The first-order valence-electron chi connectivity index (χ1n) is 9.66. The van der Waals surface area contributed by atoms with Crippen LogP contribution in [0.4, 0.5) is 11.4 Å². The molecule has 27 heavy (non-hydrogen) atoms. The standard InChI is InChI=1S/C20H27N5O2/c1-15(25-14-21-13-22-25)20(27)24-18-10-8-17(9-11-18)23-19(26)12-7-16-5-3-2-4-6-16/h8-11,13-16H,2-7,12H2,1H3,(H,23,26)(H,24,27). The molecular weight excluding hydrogens is 342 g/mol. The van der Waals surface area contributed by atoms with E-state index in [0.29, 0.717) is 18.0 Å². The van der Waals surface area contributed by atoms with Crippen LogP contribution in [0.5, 0.6) is 0 Å². The van der Waals surface area contributed by atoms with E-state index in [0.717, 1.165) is 12.1 Å². The van der Waals surface area contributed by atoms with Gasteiger partial charge in [0.1, 0.15) is 18.7 Å². The molecule has 1 aliphatic carbocycles. The number of amides is 2. The summed E-state index contributed by atoms with van der Waals surface area (Å²) in [5, 5.41) is 9.75. The zero-order valence-electron chi connectivity index (χ0n) is 15.7. The van der Waals surface area contributed by atoms with Crippen molar-refractivity contribution in [1.82, 2.24) is 14.8 Å². The molecule has 1 unspecified atom stereocenters. The van der Waals surface area contributed by atoms with Crippen LogP contribution in [-0.4, -0.2) is 26.6 Å². The molecule has 2 amide bonds. The highest BCUT2D eigenvalue weighted by Crippen LogP contribution is 2.27. The van der Waals surface area contributed by atoms with Gasteiger partial charge in [-0.15, -0.1) is 0 Å². The number of hydrogen-bond donors (Lipinski definition) is 2. The summed E-state index contributed by atoms with van der Waals surface area (Å²) in [6, 6.07) is 6.71. The second-order valence-corrected chi connectivity index (χ2v) is 7.21. The minimum absolute atomic E-state index is 0.0529. The van der Waals surface area contributed by atoms with Crippen LogP contribution in [0.25, 0.3) is 0 Å². The summed E-state index contributed by atoms with van der Waals surface area (Å²) < 4.78 is 1.50. The van der Waals surface area contributed by atoms with Gasteiger partial charge in [-0.2, -0.15) is 5.10 Å². The molecular formula is C20H27N5O2. The second kappa shape index (κ2) is 9.30. The molecule has 1 aliphatic rings. The molecule has 1 atom stereocenters. The number of rotatable bonds is 7. The molecule has 2 N–H and O–H groups in total. The largest absolute Gasteiger partial charge is 0.326 e. The van der Waals surface area contributed by atoms with E-state index < -0.39 is 6.04 Å². The average molecular weight is 369 g/mol. The van der Waals surface area contributed by atoms with Crippen LogP contribution >= 0.6 is 0 Å². The van der Waals surface area contributed by atoms with Gasteiger partial charge in [0, 0.05) is 17.8 Å². The zero-order valence-corrected chi connectivity index (χ0v) is 15.7. The van der Waals surface area contributed by atoms with Crippen molar-refractivity contribution in [2.24, 2.45) is 5.92 Å². The fourth-order valence-corrected chi connectivity index (χ4v) is 3.46. The van der Waals surface area contributed by atoms with Crippen molar-refractivity contribution in [3.8, 4) is 0 Å². The summed E-state index contributed by atoms with van der Waals surface area (Å²) >= 11 is 0. The van der Waals surface area contributed by atoms with E-state index in [4.69, 9.17) is 0 Å². The van der Waals surface area contributed by atoms with Gasteiger partial charge in [0.2, 0.25) is 11.8 Å². The number of nitrogens with one attached hydrogen (secondary N) is 2. The van der Waals surface area contributed by atoms with Crippen LogP contribution in [0.3, 0.4) is 0 Å². The Bertz CT molecular complexity index is 736. The number of aromatic nitrogens is 3. The van der Waals surface area contributed by atoms with Crippen molar-refractivity contribution in [2.75, 3.05) is 10.6 Å². The summed E-state index contributed by atoms with van der Waals surface area (Å²) in [5.74, 6) is 0.580. The van der Waals surface area contributed by atoms with Gasteiger partial charge < -0.3 is 10.6 Å². The number of carbonyl (C=O) groups is 2. The van der Waals surface area contributed by atoms with Crippen LogP contribution in [-0.2, 0) is 9.59 Å². The van der Waals surface area contributed by atoms with E-state index in [1.54, 1.807) is 31.2 Å². The fraction of sp³-hybridized carbons (Fsp3) is 0.500. The molecule has 1 heterocycles. The Morgan fingerprint density at radius 1 is 1.11 bits per heavy atom. The van der Waals surface area contributed by atoms with Crippen molar-refractivity contribution in [3.05, 3.63) is 36.9 Å². The number of carbonyl (C=O) groups excluding carboxylic acids is 2. The molecule has 0 spiro atoms. The zero-order chi connectivity index (χ0) is 19.1. The minimum atomic E-state index is -0.452. The third-order valence-corrected chi connectivity index (χ3v) is 5.15. The normalized spacial score (nSPS) is 15.9. The van der Waals surface area contributed by atoms with Crippen molar-refractivity contribution in [3.63, 3.8) is 0 Å². The van der Waals surface area contributed by atoms with Crippen LogP contribution < -0.4 is 10.6 Å². The van der Waals surface area contributed by atoms with Crippen molar-refractivity contribution < 1.29 is 9.59 Å². The molecule has 1 aromatic heterocycles. The molecule has 144 valence electrons. The maximum absolute atomic E-state index is 12.2. The topological polar surface area (TPSA) is 88.9 Å². The third kappa shape index (κ3) is 5.64. The van der Waals surface area contributed by atoms with Gasteiger partial charge in [-0.3, -0.25) is 9.59 Å². The van der Waals surface area contributed by atoms with Crippen molar-refractivity contribution >= 4 is 23.2 Å². The van der Waals surface area contributed by atoms with Crippen LogP contribution in [0, 0.1) is 5.92 Å². The number of nitrogens with zero attached hydrogens (tertiary/aromatic N) is 3. The molecule has 1 aromatic carbocycles. The Morgan fingerprint density at radius 2 is 1.78 bits per heavy atom. The number of hydrogen-bond acceptors (Lipinski definition) is 4. The minimum Gasteiger partial charge on any atom is -0.326 e. The first kappa shape index (κ1) is 19.1. The van der Waals surface area contributed by atoms with Crippen molar-refractivity contribution in [2.45, 2.75) is 57.9 Å². The molecule has 7 nitrogen and oxygen atoms in total. The third-order valence-electron chi connectivity index (χ3n) is 5.15. The van der Waals surface area contributed by atoms with Gasteiger partial charge in [-0.25, -0.2) is 9.67 Å². The first-order valence-corrected chi connectivity index (χ1v) is 9.66. The molecule has 0 saturated heterocycles. The maximum Gasteiger partial charge on any atom is 0.249 e. The second-order valence-electron chi connectivity index (χ2n) is 7.21. The van der Waals surface area contributed by atoms with E-state index >= 15 is 0 Å². The highest BCUT2D eigenvalue weighted by molar-refractivity contribution is 5.94. The Kier molecular flexibility index (Phi) is 6.57. The van der Waals surface area contributed by atoms with Crippen molar-refractivity contribution in [1.29, 1.82) is 0 Å². The van der Waals surface area contributed by atoms with Gasteiger partial charge in [0.05, 0.1) is 0 Å². The lowest BCUT2D eigenvalue weighted by molar-refractivity contribution is -0.119. The summed E-state index contributed by atoms with van der Waals surface area (Å²) in [5.41, 5.74) is 1.41. The van der Waals surface area contributed by atoms with Gasteiger partial charge in [0.15, 0.2) is 0 Å². The molecule has 0 radical (unpaired) electrons. The fourth-order valence-electron chi connectivity index (χ4n) is 3.46. The van der Waals surface area contributed by atoms with Crippen LogP contribution in [0.1, 0.15) is 57.9 Å². The summed E-state index contributed by atoms with van der Waals surface area (Å²) in [7, 11) is 0. The molecule has 0 aliphatic heterocycles. The van der Waals surface area contributed by atoms with E-state index in [9.17, 15) is 9.59 Å². The lowest BCUT2D eigenvalue weighted by Gasteiger charge is -2.21. The molecule has 3 rings (SSSR count). The van der Waals surface area contributed by atoms with E-state index in [2.05, 4.69) is 20.7 Å². The van der Waals surface area contributed by atoms with Crippen LogP contribution in [0.2, 0.25) is 0 Å². The molecule has 0 bridgehead atoms. The number of anilines is 2. The summed E-state index contributed by atoms with van der Waals surface area (Å²) in [4.78, 5) is 28.2. The summed E-state index contributed by atoms with van der Waals surface area (Å²) in [6.07, 6.45) is 10.9. The van der Waals surface area contributed by atoms with Gasteiger partial charge in [-0.1, -0.05) is 32.1 Å². The summed E-state index contributed by atoms with van der Waals surface area (Å²) in [6.45, 7) is 1.75. The van der Waals surface area contributed by atoms with Gasteiger partial charge in [0.25, 0.3) is 0 Å². The Morgan fingerprint density at radius 3 is 2.41 bits per heavy atom. The predicted molar refractivity (Wildman–Crippen MR) is 104 cm³/mol. The maximum atomic E-state index is 12.2. The first-order chi connectivity index (χ1) is 13.1. The number of benzene rings is 1. The molecule has 1 saturated carbocycles.